The molecule has 0 spiro atoms. The zero-order valence-electron chi connectivity index (χ0n) is 24.9. The Bertz CT molecular complexity index is 1720. The minimum atomic E-state index is -4.54. The van der Waals surface area contributed by atoms with E-state index in [1.165, 1.54) is 69.3 Å². The minimum Gasteiger partial charge on any atom is -0.537 e. The maximum Gasteiger partial charge on any atom is 2.00 e. The molecule has 3 aromatic rings. The summed E-state index contributed by atoms with van der Waals surface area (Å²) in [4.78, 5) is 12.9. The third-order valence-electron chi connectivity index (χ3n) is 5.69. The van der Waals surface area contributed by atoms with Gasteiger partial charge in [0, 0.05) is 31.1 Å². The molecule has 0 fully saturated rings. The molecule has 0 saturated carbocycles. The SMILES string of the molecule is CCOc1ccc(OC)cc1S(=O)(=O)[N-]C(=O)c1ccccc1N=Nc1c(C(C)(C)C)nn(C)c1[N-]S(=O)(=O)N(C)C.[Cu+2]. The summed E-state index contributed by atoms with van der Waals surface area (Å²) in [5, 5.41) is 12.8. The molecule has 1 amide bonds. The second-order valence-corrected chi connectivity index (χ2v) is 13.5. The average molecular weight is 683 g/mol. The third-order valence-corrected chi connectivity index (χ3v) is 8.30. The number of methoxy groups -OCH3 is 1. The van der Waals surface area contributed by atoms with Gasteiger partial charge in [-0.3, -0.25) is 5.10 Å². The number of azo groups is 1. The predicted molar refractivity (Wildman–Crippen MR) is 157 cm³/mol. The van der Waals surface area contributed by atoms with Gasteiger partial charge in [-0.05, 0) is 38.0 Å². The molecule has 0 bridgehead atoms. The van der Waals surface area contributed by atoms with Crippen molar-refractivity contribution < 1.29 is 48.2 Å². The van der Waals surface area contributed by atoms with E-state index in [-0.39, 0.29) is 62.8 Å². The van der Waals surface area contributed by atoms with E-state index in [1.54, 1.807) is 13.0 Å². The number of carbonyl (C=O) groups is 1. The van der Waals surface area contributed by atoms with Crippen molar-refractivity contribution in [3.8, 4) is 11.5 Å². The Balaban J connectivity index is 0.00000645. The van der Waals surface area contributed by atoms with Gasteiger partial charge in [0.1, 0.15) is 27.2 Å². The summed E-state index contributed by atoms with van der Waals surface area (Å²) in [6.07, 6.45) is 0. The molecule has 43 heavy (non-hydrogen) atoms. The average Bonchev–Trinajstić information content (AvgIpc) is 3.22. The summed E-state index contributed by atoms with van der Waals surface area (Å²) in [5.41, 5.74) is -0.289. The molecule has 0 aliphatic carbocycles. The van der Waals surface area contributed by atoms with Crippen LogP contribution in [0.25, 0.3) is 9.44 Å². The largest absolute Gasteiger partial charge is 2.00 e. The second-order valence-electron chi connectivity index (χ2n) is 10.1. The van der Waals surface area contributed by atoms with Crippen molar-refractivity contribution >= 4 is 43.3 Å². The first kappa shape index (κ1) is 35.7. The molecule has 2 aromatic carbocycles. The van der Waals surface area contributed by atoms with Crippen LogP contribution in [0.1, 0.15) is 43.7 Å². The maximum atomic E-state index is 13.2. The molecule has 0 aliphatic rings. The van der Waals surface area contributed by atoms with Crippen molar-refractivity contribution in [1.29, 1.82) is 0 Å². The summed E-state index contributed by atoms with van der Waals surface area (Å²) >= 11 is 0. The summed E-state index contributed by atoms with van der Waals surface area (Å²) in [7, 11) is -3.02. The number of carbonyl (C=O) groups excluding carboxylic acids is 1. The van der Waals surface area contributed by atoms with Crippen LogP contribution in [0.3, 0.4) is 0 Å². The van der Waals surface area contributed by atoms with Crippen molar-refractivity contribution in [2.45, 2.75) is 38.0 Å². The Morgan fingerprint density at radius 1 is 1.07 bits per heavy atom. The fourth-order valence-corrected chi connectivity index (χ4v) is 5.19. The Kier molecular flexibility index (Phi) is 11.5. The number of benzene rings is 2. The molecule has 1 aromatic heterocycles. The van der Waals surface area contributed by atoms with Crippen molar-refractivity contribution in [3.05, 3.63) is 63.2 Å². The molecular formula is C26H33CuN7O7S2. The fourth-order valence-electron chi connectivity index (χ4n) is 3.54. The Morgan fingerprint density at radius 3 is 2.30 bits per heavy atom. The molecule has 0 N–H and O–H groups in total. The van der Waals surface area contributed by atoms with Crippen LogP contribution >= 0.6 is 0 Å². The van der Waals surface area contributed by atoms with Crippen LogP contribution in [0.2, 0.25) is 0 Å². The Morgan fingerprint density at radius 2 is 1.72 bits per heavy atom. The van der Waals surface area contributed by atoms with E-state index in [9.17, 15) is 21.6 Å². The summed E-state index contributed by atoms with van der Waals surface area (Å²) in [5.74, 6) is -0.928. The Labute approximate surface area is 262 Å². The topological polar surface area (TPSA) is 178 Å². The van der Waals surface area contributed by atoms with Crippen molar-refractivity contribution in [2.24, 2.45) is 17.3 Å². The van der Waals surface area contributed by atoms with Crippen LogP contribution in [0.4, 0.5) is 17.2 Å². The van der Waals surface area contributed by atoms with Crippen LogP contribution in [0.15, 0.2) is 57.6 Å². The second kappa shape index (κ2) is 13.9. The number of ether oxygens (including phenoxy) is 2. The monoisotopic (exact) mass is 682 g/mol. The zero-order chi connectivity index (χ0) is 31.5. The van der Waals surface area contributed by atoms with E-state index in [2.05, 4.69) is 24.8 Å². The minimum absolute atomic E-state index is 0. The van der Waals surface area contributed by atoms with Crippen LogP contribution in [0.5, 0.6) is 11.5 Å². The van der Waals surface area contributed by atoms with Gasteiger partial charge in [0.15, 0.2) is 0 Å². The molecule has 1 heterocycles. The molecule has 0 atom stereocenters. The molecule has 1 radical (unpaired) electrons. The van der Waals surface area contributed by atoms with Crippen LogP contribution in [-0.2, 0) is 49.8 Å². The number of hydrogen-bond acceptors (Lipinski definition) is 10. The number of aromatic nitrogens is 2. The van der Waals surface area contributed by atoms with Gasteiger partial charge in [-0.15, -0.1) is 10.2 Å². The van der Waals surface area contributed by atoms with Crippen LogP contribution in [-0.4, -0.2) is 64.6 Å². The van der Waals surface area contributed by atoms with Crippen LogP contribution < -0.4 is 9.47 Å². The zero-order valence-corrected chi connectivity index (χ0v) is 27.4. The number of sulfonamides is 1. The molecule has 237 valence electrons. The molecule has 0 unspecified atom stereocenters. The number of aryl methyl sites for hydroxylation is 1. The molecule has 3 rings (SSSR count). The first-order chi connectivity index (χ1) is 19.5. The van der Waals surface area contributed by atoms with Gasteiger partial charge in [0.25, 0.3) is 0 Å². The molecule has 17 heteroatoms. The first-order valence-electron chi connectivity index (χ1n) is 12.6. The van der Waals surface area contributed by atoms with Gasteiger partial charge in [-0.25, -0.2) is 21.1 Å². The van der Waals surface area contributed by atoms with Crippen molar-refractivity contribution in [3.63, 3.8) is 0 Å². The number of rotatable bonds is 11. The van der Waals surface area contributed by atoms with Gasteiger partial charge in [0.2, 0.25) is 10.2 Å². The first-order valence-corrected chi connectivity index (χ1v) is 15.4. The summed E-state index contributed by atoms with van der Waals surface area (Å²) < 4.78 is 71.6. The number of nitrogens with zero attached hydrogens (tertiary/aromatic N) is 7. The van der Waals surface area contributed by atoms with Crippen molar-refractivity contribution in [1.82, 2.24) is 14.1 Å². The third kappa shape index (κ3) is 8.32. The van der Waals surface area contributed by atoms with Crippen LogP contribution in [0, 0.1) is 0 Å². The van der Waals surface area contributed by atoms with Gasteiger partial charge in [-0.2, -0.15) is 0 Å². The van der Waals surface area contributed by atoms with Gasteiger partial charge >= 0.3 is 17.1 Å². The number of amides is 1. The summed E-state index contributed by atoms with van der Waals surface area (Å²) in [6, 6.07) is 10.0. The van der Waals surface area contributed by atoms with Gasteiger partial charge < -0.3 is 28.4 Å². The number of hydrogen-bond donors (Lipinski definition) is 0. The predicted octanol–water partition coefficient (Wildman–Crippen LogP) is 5.25. The van der Waals surface area contributed by atoms with E-state index in [0.29, 0.717) is 5.69 Å². The summed E-state index contributed by atoms with van der Waals surface area (Å²) in [6.45, 7) is 7.44. The normalized spacial score (nSPS) is 12.2. The van der Waals surface area contributed by atoms with Gasteiger partial charge in [0.05, 0.1) is 35.9 Å². The van der Waals surface area contributed by atoms with E-state index in [0.717, 1.165) is 4.31 Å². The fraction of sp³-hybridized carbons (Fsp3) is 0.385. The van der Waals surface area contributed by atoms with E-state index in [4.69, 9.17) is 9.47 Å². The van der Waals surface area contributed by atoms with E-state index < -0.39 is 31.6 Å². The van der Waals surface area contributed by atoms with E-state index in [1.807, 2.05) is 20.8 Å². The van der Waals surface area contributed by atoms with Gasteiger partial charge in [-0.1, -0.05) is 39.0 Å². The molecular weight excluding hydrogens is 650 g/mol. The van der Waals surface area contributed by atoms with Crippen molar-refractivity contribution in [2.75, 3.05) is 27.8 Å². The standard InChI is InChI=1S/C26H34N7O7S2.Cu/c1-9-40-20-15-14-17(39-8)16-21(20)41(35,36)31-25(34)18-12-10-11-13-19(18)27-28-22-23(26(2,3)4)29-33(7)24(22)30-42(37,38)32(5)6;/h10-16H,9H2,1-8H3,(H-,27,29,30,31,34);/q-1;+2/p-1. The molecule has 14 nitrogen and oxygen atoms in total. The molecule has 0 aliphatic heterocycles. The molecule has 0 saturated heterocycles. The maximum absolute atomic E-state index is 13.2. The quantitative estimate of drug-likeness (QED) is 0.194. The Hall–Kier alpha value is -3.50. The van der Waals surface area contributed by atoms with E-state index >= 15 is 0 Å². The smallest absolute Gasteiger partial charge is 0.537 e.